The van der Waals surface area contributed by atoms with Crippen LogP contribution in [0.25, 0.3) is 0 Å². The Kier molecular flexibility index (Phi) is 5.17. The summed E-state index contributed by atoms with van der Waals surface area (Å²) in [5.74, 6) is 0.359. The van der Waals surface area contributed by atoms with Crippen LogP contribution in [0.5, 0.6) is 0 Å². The SMILES string of the molecule is CC(C)CCNS(=O)(=O)c1cc(S(C)(=O)=O)ccc1N. The molecule has 114 valence electrons. The molecule has 0 fully saturated rings. The van der Waals surface area contributed by atoms with E-state index in [1.165, 1.54) is 12.1 Å². The zero-order valence-corrected chi connectivity index (χ0v) is 13.4. The van der Waals surface area contributed by atoms with E-state index in [2.05, 4.69) is 4.72 Å². The maximum atomic E-state index is 12.1. The molecule has 0 saturated heterocycles. The Morgan fingerprint density at radius 2 is 1.80 bits per heavy atom. The fourth-order valence-electron chi connectivity index (χ4n) is 1.54. The molecule has 0 radical (unpaired) electrons. The maximum Gasteiger partial charge on any atom is 0.242 e. The second-order valence-electron chi connectivity index (χ2n) is 5.05. The molecule has 8 heteroatoms. The molecule has 0 unspecified atom stereocenters. The van der Waals surface area contributed by atoms with Crippen LogP contribution in [0.3, 0.4) is 0 Å². The molecule has 6 nitrogen and oxygen atoms in total. The molecule has 0 amide bonds. The molecule has 0 saturated carbocycles. The normalized spacial score (nSPS) is 12.8. The number of sulfone groups is 1. The van der Waals surface area contributed by atoms with Gasteiger partial charge in [0.25, 0.3) is 0 Å². The third-order valence-corrected chi connectivity index (χ3v) is 5.34. The van der Waals surface area contributed by atoms with Crippen LogP contribution in [0.1, 0.15) is 20.3 Å². The Bertz CT molecular complexity index is 679. The number of hydrogen-bond acceptors (Lipinski definition) is 5. The molecule has 0 bridgehead atoms. The Balaban J connectivity index is 3.12. The minimum Gasteiger partial charge on any atom is -0.398 e. The van der Waals surface area contributed by atoms with Gasteiger partial charge in [0.2, 0.25) is 10.0 Å². The average molecular weight is 320 g/mol. The molecule has 0 aromatic heterocycles. The highest BCUT2D eigenvalue weighted by atomic mass is 32.2. The number of benzene rings is 1. The van der Waals surface area contributed by atoms with E-state index in [4.69, 9.17) is 5.73 Å². The summed E-state index contributed by atoms with van der Waals surface area (Å²) in [5.41, 5.74) is 5.66. The molecule has 0 heterocycles. The van der Waals surface area contributed by atoms with Gasteiger partial charge in [0.15, 0.2) is 9.84 Å². The van der Waals surface area contributed by atoms with Crippen LogP contribution in [0.4, 0.5) is 5.69 Å². The van der Waals surface area contributed by atoms with Gasteiger partial charge in [-0.15, -0.1) is 0 Å². The van der Waals surface area contributed by atoms with E-state index in [-0.39, 0.29) is 22.0 Å². The van der Waals surface area contributed by atoms with Crippen LogP contribution in [0.2, 0.25) is 0 Å². The number of nitrogens with two attached hydrogens (primary N) is 1. The van der Waals surface area contributed by atoms with Gasteiger partial charge in [0.05, 0.1) is 10.6 Å². The highest BCUT2D eigenvalue weighted by molar-refractivity contribution is 7.91. The lowest BCUT2D eigenvalue weighted by Gasteiger charge is -2.11. The van der Waals surface area contributed by atoms with Crippen molar-refractivity contribution in [2.24, 2.45) is 5.92 Å². The number of rotatable bonds is 6. The van der Waals surface area contributed by atoms with E-state index in [0.717, 1.165) is 12.3 Å². The van der Waals surface area contributed by atoms with E-state index < -0.39 is 19.9 Å². The number of nitrogen functional groups attached to an aromatic ring is 1. The molecule has 0 spiro atoms. The number of hydrogen-bond donors (Lipinski definition) is 2. The van der Waals surface area contributed by atoms with Crippen molar-refractivity contribution in [1.29, 1.82) is 0 Å². The fraction of sp³-hybridized carbons (Fsp3) is 0.500. The first-order valence-electron chi connectivity index (χ1n) is 6.13. The third-order valence-electron chi connectivity index (χ3n) is 2.72. The first-order valence-corrected chi connectivity index (χ1v) is 9.51. The summed E-state index contributed by atoms with van der Waals surface area (Å²) < 4.78 is 49.6. The Labute approximate surface area is 120 Å². The molecule has 1 aromatic rings. The highest BCUT2D eigenvalue weighted by Gasteiger charge is 2.20. The molecule has 0 aliphatic rings. The summed E-state index contributed by atoms with van der Waals surface area (Å²) in [5, 5.41) is 0. The van der Waals surface area contributed by atoms with E-state index in [1.54, 1.807) is 0 Å². The molecular weight excluding hydrogens is 300 g/mol. The van der Waals surface area contributed by atoms with Crippen LogP contribution in [-0.4, -0.2) is 29.6 Å². The molecule has 1 rings (SSSR count). The summed E-state index contributed by atoms with van der Waals surface area (Å²) in [6.07, 6.45) is 1.70. The summed E-state index contributed by atoms with van der Waals surface area (Å²) in [4.78, 5) is -0.278. The summed E-state index contributed by atoms with van der Waals surface area (Å²) >= 11 is 0. The topological polar surface area (TPSA) is 106 Å². The van der Waals surface area contributed by atoms with Crippen molar-refractivity contribution >= 4 is 25.5 Å². The van der Waals surface area contributed by atoms with Gasteiger partial charge >= 0.3 is 0 Å². The van der Waals surface area contributed by atoms with E-state index >= 15 is 0 Å². The second kappa shape index (κ2) is 6.11. The lowest BCUT2D eigenvalue weighted by molar-refractivity contribution is 0.552. The average Bonchev–Trinajstić information content (AvgIpc) is 2.26. The van der Waals surface area contributed by atoms with Crippen molar-refractivity contribution in [3.63, 3.8) is 0 Å². The van der Waals surface area contributed by atoms with Gasteiger partial charge in [-0.1, -0.05) is 13.8 Å². The Morgan fingerprint density at radius 3 is 2.30 bits per heavy atom. The Morgan fingerprint density at radius 1 is 1.20 bits per heavy atom. The first kappa shape index (κ1) is 16.9. The van der Waals surface area contributed by atoms with Gasteiger partial charge in [-0.2, -0.15) is 0 Å². The van der Waals surface area contributed by atoms with Crippen LogP contribution >= 0.6 is 0 Å². The third kappa shape index (κ3) is 4.46. The quantitative estimate of drug-likeness (QED) is 0.760. The number of anilines is 1. The lowest BCUT2D eigenvalue weighted by Crippen LogP contribution is -2.26. The van der Waals surface area contributed by atoms with E-state index in [0.29, 0.717) is 12.3 Å². The zero-order valence-electron chi connectivity index (χ0n) is 11.8. The van der Waals surface area contributed by atoms with Crippen molar-refractivity contribution in [1.82, 2.24) is 4.72 Å². The molecule has 20 heavy (non-hydrogen) atoms. The molecule has 0 atom stereocenters. The van der Waals surface area contributed by atoms with Crippen LogP contribution in [-0.2, 0) is 19.9 Å². The van der Waals surface area contributed by atoms with Crippen LogP contribution < -0.4 is 10.5 Å². The number of nitrogens with one attached hydrogen (secondary N) is 1. The second-order valence-corrected chi connectivity index (χ2v) is 8.80. The summed E-state index contributed by atoms with van der Waals surface area (Å²) in [6.45, 7) is 4.24. The van der Waals surface area contributed by atoms with Crippen molar-refractivity contribution in [3.05, 3.63) is 18.2 Å². The fourth-order valence-corrected chi connectivity index (χ4v) is 3.46. The standard InChI is InChI=1S/C12H20N2O4S2/c1-9(2)6-7-14-20(17,18)12-8-10(19(3,15)16)4-5-11(12)13/h4-5,8-9,14H,6-7,13H2,1-3H3. The van der Waals surface area contributed by atoms with Crippen molar-refractivity contribution < 1.29 is 16.8 Å². The van der Waals surface area contributed by atoms with Gasteiger partial charge in [-0.3, -0.25) is 0 Å². The van der Waals surface area contributed by atoms with Gasteiger partial charge in [0.1, 0.15) is 4.90 Å². The van der Waals surface area contributed by atoms with Gasteiger partial charge in [-0.25, -0.2) is 21.6 Å². The Hall–Kier alpha value is -1.12. The number of sulfonamides is 1. The smallest absolute Gasteiger partial charge is 0.242 e. The van der Waals surface area contributed by atoms with Crippen molar-refractivity contribution in [2.75, 3.05) is 18.5 Å². The monoisotopic (exact) mass is 320 g/mol. The van der Waals surface area contributed by atoms with Gasteiger partial charge in [0, 0.05) is 12.8 Å². The molecular formula is C12H20N2O4S2. The lowest BCUT2D eigenvalue weighted by atomic mass is 10.1. The predicted octanol–water partition coefficient (Wildman–Crippen LogP) is 0.997. The van der Waals surface area contributed by atoms with Crippen LogP contribution in [0.15, 0.2) is 28.0 Å². The highest BCUT2D eigenvalue weighted by Crippen LogP contribution is 2.22. The predicted molar refractivity (Wildman–Crippen MR) is 78.6 cm³/mol. The molecule has 0 aliphatic heterocycles. The summed E-state index contributed by atoms with van der Waals surface area (Å²) in [6, 6.07) is 3.66. The maximum absolute atomic E-state index is 12.1. The van der Waals surface area contributed by atoms with E-state index in [1.807, 2.05) is 13.8 Å². The largest absolute Gasteiger partial charge is 0.398 e. The molecule has 1 aromatic carbocycles. The molecule has 0 aliphatic carbocycles. The van der Waals surface area contributed by atoms with Gasteiger partial charge in [-0.05, 0) is 30.5 Å². The van der Waals surface area contributed by atoms with E-state index in [9.17, 15) is 16.8 Å². The van der Waals surface area contributed by atoms with Gasteiger partial charge < -0.3 is 5.73 Å². The summed E-state index contributed by atoms with van der Waals surface area (Å²) in [7, 11) is -7.29. The van der Waals surface area contributed by atoms with Crippen molar-refractivity contribution in [2.45, 2.75) is 30.1 Å². The first-order chi connectivity index (χ1) is 9.04. The van der Waals surface area contributed by atoms with Crippen molar-refractivity contribution in [3.8, 4) is 0 Å². The minimum absolute atomic E-state index is 0.0226. The minimum atomic E-state index is -3.81. The zero-order chi connectivity index (χ0) is 15.6. The molecule has 3 N–H and O–H groups in total. The van der Waals surface area contributed by atoms with Crippen LogP contribution in [0, 0.1) is 5.92 Å².